The van der Waals surface area contributed by atoms with Crippen LogP contribution in [0.1, 0.15) is 47.0 Å². The van der Waals surface area contributed by atoms with Crippen LogP contribution in [-0.4, -0.2) is 0 Å². The van der Waals surface area contributed by atoms with E-state index in [1.54, 1.807) is 0 Å². The molecule has 0 heterocycles. The first-order valence-corrected chi connectivity index (χ1v) is 5.13. The molecule has 0 aromatic rings. The SMILES string of the molecule is C1=CC2CCC1C2.CC.CC. The normalized spacial score (nSPS) is 30.2. The average Bonchev–Trinajstić information content (AvgIpc) is 2.74. The van der Waals surface area contributed by atoms with E-state index in [0.29, 0.717) is 0 Å². The summed E-state index contributed by atoms with van der Waals surface area (Å²) in [6.07, 6.45) is 9.19. The van der Waals surface area contributed by atoms with Crippen LogP contribution >= 0.6 is 0 Å². The fourth-order valence-corrected chi connectivity index (χ4v) is 1.72. The first-order chi connectivity index (χ1) is 5.45. The van der Waals surface area contributed by atoms with Crippen molar-refractivity contribution in [1.82, 2.24) is 0 Å². The van der Waals surface area contributed by atoms with E-state index in [2.05, 4.69) is 12.2 Å². The molecule has 2 aliphatic carbocycles. The van der Waals surface area contributed by atoms with Crippen LogP contribution < -0.4 is 0 Å². The third-order valence-electron chi connectivity index (χ3n) is 2.17. The third kappa shape index (κ3) is 3.09. The zero-order valence-corrected chi connectivity index (χ0v) is 8.43. The fraction of sp³-hybridized carbons (Fsp3) is 0.818. The van der Waals surface area contributed by atoms with Gasteiger partial charge in [0.05, 0.1) is 0 Å². The third-order valence-corrected chi connectivity index (χ3v) is 2.17. The smallest absolute Gasteiger partial charge is 0.0228 e. The molecule has 0 heteroatoms. The molecule has 2 rings (SSSR count). The first-order valence-electron chi connectivity index (χ1n) is 5.13. The summed E-state index contributed by atoms with van der Waals surface area (Å²) in [5.41, 5.74) is 0. The summed E-state index contributed by atoms with van der Waals surface area (Å²) >= 11 is 0. The van der Waals surface area contributed by atoms with E-state index in [-0.39, 0.29) is 0 Å². The van der Waals surface area contributed by atoms with Crippen LogP contribution in [0.4, 0.5) is 0 Å². The van der Waals surface area contributed by atoms with E-state index in [1.165, 1.54) is 19.3 Å². The number of hydrogen-bond acceptors (Lipinski definition) is 0. The molecule has 2 unspecified atom stereocenters. The summed E-state index contributed by atoms with van der Waals surface area (Å²) in [7, 11) is 0. The molecule has 2 aliphatic rings. The minimum absolute atomic E-state index is 0.991. The molecule has 0 amide bonds. The molecule has 1 fully saturated rings. The molecule has 66 valence electrons. The zero-order chi connectivity index (χ0) is 8.69. The summed E-state index contributed by atoms with van der Waals surface area (Å²) in [6, 6.07) is 0. The highest BCUT2D eigenvalue weighted by Gasteiger charge is 2.25. The van der Waals surface area contributed by atoms with Gasteiger partial charge in [-0.15, -0.1) is 0 Å². The predicted octanol–water partition coefficient (Wildman–Crippen LogP) is 4.02. The maximum absolute atomic E-state index is 2.38. The van der Waals surface area contributed by atoms with Crippen LogP contribution in [0.3, 0.4) is 0 Å². The van der Waals surface area contributed by atoms with Crippen molar-refractivity contribution in [2.24, 2.45) is 11.8 Å². The zero-order valence-electron chi connectivity index (χ0n) is 8.43. The minimum atomic E-state index is 0.991. The Morgan fingerprint density at radius 1 is 0.818 bits per heavy atom. The molecule has 0 aromatic carbocycles. The first kappa shape index (κ1) is 10.7. The molecule has 0 saturated heterocycles. The Labute approximate surface area is 71.7 Å². The molecule has 0 spiro atoms. The van der Waals surface area contributed by atoms with Crippen LogP contribution in [0, 0.1) is 11.8 Å². The number of hydrogen-bond donors (Lipinski definition) is 0. The lowest BCUT2D eigenvalue weighted by Crippen LogP contribution is -1.82. The van der Waals surface area contributed by atoms with Crippen LogP contribution in [0.2, 0.25) is 0 Å². The van der Waals surface area contributed by atoms with E-state index in [0.717, 1.165) is 11.8 Å². The Kier molecular flexibility index (Phi) is 6.30. The van der Waals surface area contributed by atoms with Gasteiger partial charge < -0.3 is 0 Å². The molecule has 2 atom stereocenters. The van der Waals surface area contributed by atoms with Crippen molar-refractivity contribution in [2.75, 3.05) is 0 Å². The van der Waals surface area contributed by atoms with Gasteiger partial charge >= 0.3 is 0 Å². The molecule has 0 aliphatic heterocycles. The summed E-state index contributed by atoms with van der Waals surface area (Å²) in [5, 5.41) is 0. The van der Waals surface area contributed by atoms with Gasteiger partial charge in [0.25, 0.3) is 0 Å². The van der Waals surface area contributed by atoms with Crippen LogP contribution in [-0.2, 0) is 0 Å². The van der Waals surface area contributed by atoms with Crippen molar-refractivity contribution < 1.29 is 0 Å². The van der Waals surface area contributed by atoms with E-state index >= 15 is 0 Å². The quantitative estimate of drug-likeness (QED) is 0.462. The van der Waals surface area contributed by atoms with Gasteiger partial charge in [-0.3, -0.25) is 0 Å². The molecular weight excluding hydrogens is 132 g/mol. The van der Waals surface area contributed by atoms with Crippen LogP contribution in [0.5, 0.6) is 0 Å². The van der Waals surface area contributed by atoms with Crippen molar-refractivity contribution in [1.29, 1.82) is 0 Å². The Bertz CT molecular complexity index is 90.6. The summed E-state index contributed by atoms with van der Waals surface area (Å²) in [6.45, 7) is 8.00. The molecule has 2 bridgehead atoms. The van der Waals surface area contributed by atoms with E-state index in [9.17, 15) is 0 Å². The lowest BCUT2D eigenvalue weighted by Gasteiger charge is -1.96. The molecule has 1 saturated carbocycles. The Hall–Kier alpha value is -0.260. The van der Waals surface area contributed by atoms with Gasteiger partial charge in [-0.25, -0.2) is 0 Å². The predicted molar refractivity (Wildman–Crippen MR) is 52.7 cm³/mol. The maximum Gasteiger partial charge on any atom is -0.0228 e. The second kappa shape index (κ2) is 6.45. The van der Waals surface area contributed by atoms with Gasteiger partial charge in [-0.05, 0) is 31.1 Å². The van der Waals surface area contributed by atoms with E-state index in [1.807, 2.05) is 27.7 Å². The van der Waals surface area contributed by atoms with E-state index < -0.39 is 0 Å². The molecule has 0 aromatic heterocycles. The molecule has 0 radical (unpaired) electrons. The van der Waals surface area contributed by atoms with Crippen molar-refractivity contribution in [3.63, 3.8) is 0 Å². The highest BCUT2D eigenvalue weighted by atomic mass is 14.3. The lowest BCUT2D eigenvalue weighted by molar-refractivity contribution is 0.691. The van der Waals surface area contributed by atoms with Gasteiger partial charge in [-0.1, -0.05) is 39.8 Å². The van der Waals surface area contributed by atoms with Gasteiger partial charge in [0.15, 0.2) is 0 Å². The summed E-state index contributed by atoms with van der Waals surface area (Å²) in [5.74, 6) is 1.98. The number of fused-ring (bicyclic) bond motifs is 2. The average molecular weight is 154 g/mol. The van der Waals surface area contributed by atoms with Crippen molar-refractivity contribution in [3.8, 4) is 0 Å². The molecular formula is C11H22. The number of allylic oxidation sites excluding steroid dienone is 2. The minimum Gasteiger partial charge on any atom is -0.0851 e. The maximum atomic E-state index is 2.38. The largest absolute Gasteiger partial charge is 0.0851 e. The van der Waals surface area contributed by atoms with Crippen molar-refractivity contribution in [3.05, 3.63) is 12.2 Å². The highest BCUT2D eigenvalue weighted by Crippen LogP contribution is 2.38. The van der Waals surface area contributed by atoms with Gasteiger partial charge in [-0.2, -0.15) is 0 Å². The van der Waals surface area contributed by atoms with E-state index in [4.69, 9.17) is 0 Å². The van der Waals surface area contributed by atoms with Gasteiger partial charge in [0.1, 0.15) is 0 Å². The second-order valence-electron chi connectivity index (χ2n) is 2.72. The molecule has 0 N–H and O–H groups in total. The summed E-state index contributed by atoms with van der Waals surface area (Å²) in [4.78, 5) is 0. The highest BCUT2D eigenvalue weighted by molar-refractivity contribution is 5.06. The summed E-state index contributed by atoms with van der Waals surface area (Å²) < 4.78 is 0. The topological polar surface area (TPSA) is 0 Å². The van der Waals surface area contributed by atoms with Gasteiger partial charge in [0, 0.05) is 0 Å². The van der Waals surface area contributed by atoms with Crippen molar-refractivity contribution >= 4 is 0 Å². The van der Waals surface area contributed by atoms with Crippen LogP contribution in [0.15, 0.2) is 12.2 Å². The Morgan fingerprint density at radius 3 is 1.27 bits per heavy atom. The standard InChI is InChI=1S/C7H10.2C2H6/c1-2-7-4-3-6(1)5-7;2*1-2/h1-2,6-7H,3-5H2;2*1-2H3. The van der Waals surface area contributed by atoms with Crippen molar-refractivity contribution in [2.45, 2.75) is 47.0 Å². The number of rotatable bonds is 0. The lowest BCUT2D eigenvalue weighted by atomic mass is 10.1. The van der Waals surface area contributed by atoms with Gasteiger partial charge in [0.2, 0.25) is 0 Å². The Balaban J connectivity index is 0.000000222. The molecule has 0 nitrogen and oxygen atoms in total. The molecule has 11 heavy (non-hydrogen) atoms. The Morgan fingerprint density at radius 2 is 1.18 bits per heavy atom. The van der Waals surface area contributed by atoms with Crippen LogP contribution in [0.25, 0.3) is 0 Å². The second-order valence-corrected chi connectivity index (χ2v) is 2.72. The fourth-order valence-electron chi connectivity index (χ4n) is 1.72. The monoisotopic (exact) mass is 154 g/mol.